The molecule has 0 saturated carbocycles. The number of hydrogen-bond donors (Lipinski definition) is 1. The summed E-state index contributed by atoms with van der Waals surface area (Å²) in [6.07, 6.45) is 2.26. The maximum Gasteiger partial charge on any atom is 0.125 e. The average molecular weight is 176 g/mol. The summed E-state index contributed by atoms with van der Waals surface area (Å²) >= 11 is 0. The standard InChI is InChI=1S/C11H16N2/c1-2-3-9-13-11(12)10-7-5-4-6-8-10/h4-8H,2-3,9H2,1H3,(H2,12,13). The van der Waals surface area contributed by atoms with E-state index in [1.165, 1.54) is 0 Å². The molecule has 0 unspecified atom stereocenters. The fraction of sp³-hybridized carbons (Fsp3) is 0.364. The first-order valence-corrected chi connectivity index (χ1v) is 4.70. The minimum absolute atomic E-state index is 0.647. The summed E-state index contributed by atoms with van der Waals surface area (Å²) in [5, 5.41) is 0. The molecule has 0 bridgehead atoms. The summed E-state index contributed by atoms with van der Waals surface area (Å²) in [5.74, 6) is 0.647. The molecule has 1 aromatic rings. The van der Waals surface area contributed by atoms with Crippen LogP contribution in [-0.4, -0.2) is 12.4 Å². The van der Waals surface area contributed by atoms with E-state index in [2.05, 4.69) is 11.9 Å². The molecule has 0 aromatic heterocycles. The lowest BCUT2D eigenvalue weighted by molar-refractivity contribution is 0.807. The molecule has 1 rings (SSSR count). The number of unbranched alkanes of at least 4 members (excludes halogenated alkanes) is 1. The van der Waals surface area contributed by atoms with Crippen LogP contribution in [-0.2, 0) is 0 Å². The number of hydrogen-bond acceptors (Lipinski definition) is 1. The Hall–Kier alpha value is -1.31. The molecule has 0 heterocycles. The van der Waals surface area contributed by atoms with Crippen molar-refractivity contribution in [2.75, 3.05) is 6.54 Å². The van der Waals surface area contributed by atoms with Gasteiger partial charge in [0, 0.05) is 12.1 Å². The normalized spacial score (nSPS) is 11.6. The van der Waals surface area contributed by atoms with Crippen LogP contribution in [0.5, 0.6) is 0 Å². The molecule has 0 aliphatic carbocycles. The third kappa shape index (κ3) is 3.28. The zero-order chi connectivity index (χ0) is 9.52. The van der Waals surface area contributed by atoms with Gasteiger partial charge < -0.3 is 5.73 Å². The van der Waals surface area contributed by atoms with Crippen molar-refractivity contribution in [2.24, 2.45) is 10.7 Å². The van der Waals surface area contributed by atoms with E-state index in [0.29, 0.717) is 5.84 Å². The van der Waals surface area contributed by atoms with E-state index < -0.39 is 0 Å². The van der Waals surface area contributed by atoms with Crippen LogP contribution in [0, 0.1) is 0 Å². The van der Waals surface area contributed by atoms with E-state index in [1.54, 1.807) is 0 Å². The van der Waals surface area contributed by atoms with Gasteiger partial charge in [0.2, 0.25) is 0 Å². The number of nitrogens with zero attached hydrogens (tertiary/aromatic N) is 1. The Kier molecular flexibility index (Phi) is 4.03. The van der Waals surface area contributed by atoms with Gasteiger partial charge in [0.15, 0.2) is 0 Å². The van der Waals surface area contributed by atoms with Crippen LogP contribution in [0.2, 0.25) is 0 Å². The Morgan fingerprint density at radius 1 is 1.31 bits per heavy atom. The molecule has 0 atom stereocenters. The Bertz CT molecular complexity index is 265. The van der Waals surface area contributed by atoms with Crippen molar-refractivity contribution in [1.29, 1.82) is 0 Å². The molecule has 70 valence electrons. The first-order chi connectivity index (χ1) is 6.34. The molecule has 2 N–H and O–H groups in total. The Morgan fingerprint density at radius 3 is 2.62 bits per heavy atom. The second-order valence-corrected chi connectivity index (χ2v) is 2.99. The highest BCUT2D eigenvalue weighted by atomic mass is 14.8. The van der Waals surface area contributed by atoms with Crippen molar-refractivity contribution in [1.82, 2.24) is 0 Å². The van der Waals surface area contributed by atoms with Crippen LogP contribution in [0.25, 0.3) is 0 Å². The van der Waals surface area contributed by atoms with E-state index in [1.807, 2.05) is 30.3 Å². The molecule has 2 heteroatoms. The third-order valence-corrected chi connectivity index (χ3v) is 1.86. The Labute approximate surface area is 79.5 Å². The van der Waals surface area contributed by atoms with E-state index >= 15 is 0 Å². The molecule has 0 aliphatic rings. The summed E-state index contributed by atoms with van der Waals surface area (Å²) in [7, 11) is 0. The van der Waals surface area contributed by atoms with Crippen LogP contribution in [0.15, 0.2) is 35.3 Å². The molecule has 0 amide bonds. The van der Waals surface area contributed by atoms with Gasteiger partial charge in [0.1, 0.15) is 5.84 Å². The highest BCUT2D eigenvalue weighted by Gasteiger charge is 1.94. The summed E-state index contributed by atoms with van der Waals surface area (Å²) in [6, 6.07) is 9.87. The number of rotatable bonds is 4. The monoisotopic (exact) mass is 176 g/mol. The van der Waals surface area contributed by atoms with Crippen LogP contribution in [0.3, 0.4) is 0 Å². The summed E-state index contributed by atoms with van der Waals surface area (Å²) in [6.45, 7) is 2.98. The lowest BCUT2D eigenvalue weighted by Gasteiger charge is -1.99. The summed E-state index contributed by atoms with van der Waals surface area (Å²) in [5.41, 5.74) is 6.80. The van der Waals surface area contributed by atoms with Crippen molar-refractivity contribution in [3.05, 3.63) is 35.9 Å². The van der Waals surface area contributed by atoms with E-state index in [0.717, 1.165) is 24.9 Å². The van der Waals surface area contributed by atoms with Gasteiger partial charge in [-0.25, -0.2) is 0 Å². The van der Waals surface area contributed by atoms with Gasteiger partial charge in [-0.2, -0.15) is 0 Å². The molecule has 0 spiro atoms. The second kappa shape index (κ2) is 5.36. The first-order valence-electron chi connectivity index (χ1n) is 4.70. The lowest BCUT2D eigenvalue weighted by atomic mass is 10.2. The molecule has 0 saturated heterocycles. The molecule has 0 radical (unpaired) electrons. The highest BCUT2D eigenvalue weighted by molar-refractivity contribution is 5.97. The first kappa shape index (κ1) is 9.78. The maximum absolute atomic E-state index is 5.79. The van der Waals surface area contributed by atoms with Crippen LogP contribution in [0.1, 0.15) is 25.3 Å². The van der Waals surface area contributed by atoms with Crippen molar-refractivity contribution < 1.29 is 0 Å². The largest absolute Gasteiger partial charge is 0.384 e. The number of benzene rings is 1. The number of nitrogens with two attached hydrogens (primary N) is 1. The summed E-state index contributed by atoms with van der Waals surface area (Å²) < 4.78 is 0. The fourth-order valence-electron chi connectivity index (χ4n) is 1.06. The van der Waals surface area contributed by atoms with Gasteiger partial charge in [-0.1, -0.05) is 43.7 Å². The van der Waals surface area contributed by atoms with Gasteiger partial charge in [-0.3, -0.25) is 4.99 Å². The minimum Gasteiger partial charge on any atom is -0.384 e. The van der Waals surface area contributed by atoms with E-state index in [4.69, 9.17) is 5.73 Å². The SMILES string of the molecule is CCCCN=C(N)c1ccccc1. The zero-order valence-corrected chi connectivity index (χ0v) is 8.03. The van der Waals surface area contributed by atoms with Gasteiger partial charge in [0.05, 0.1) is 0 Å². The molecule has 0 fully saturated rings. The topological polar surface area (TPSA) is 38.4 Å². The van der Waals surface area contributed by atoms with Crippen molar-refractivity contribution >= 4 is 5.84 Å². The summed E-state index contributed by atoms with van der Waals surface area (Å²) in [4.78, 5) is 4.28. The molecule has 13 heavy (non-hydrogen) atoms. The number of amidine groups is 1. The quantitative estimate of drug-likeness (QED) is 0.426. The maximum atomic E-state index is 5.79. The molecule has 1 aromatic carbocycles. The molecular formula is C11H16N2. The molecule has 2 nitrogen and oxygen atoms in total. The van der Waals surface area contributed by atoms with Crippen molar-refractivity contribution in [2.45, 2.75) is 19.8 Å². The van der Waals surface area contributed by atoms with Crippen LogP contribution >= 0.6 is 0 Å². The fourth-order valence-corrected chi connectivity index (χ4v) is 1.06. The molecule has 0 aliphatic heterocycles. The highest BCUT2D eigenvalue weighted by Crippen LogP contribution is 1.98. The number of aliphatic imine (C=N–C) groups is 1. The van der Waals surface area contributed by atoms with Crippen LogP contribution < -0.4 is 5.73 Å². The predicted molar refractivity (Wildman–Crippen MR) is 56.9 cm³/mol. The van der Waals surface area contributed by atoms with Crippen molar-refractivity contribution in [3.8, 4) is 0 Å². The zero-order valence-electron chi connectivity index (χ0n) is 8.03. The molecular weight excluding hydrogens is 160 g/mol. The van der Waals surface area contributed by atoms with Gasteiger partial charge in [0.25, 0.3) is 0 Å². The Balaban J connectivity index is 2.57. The minimum atomic E-state index is 0.647. The van der Waals surface area contributed by atoms with Gasteiger partial charge in [-0.05, 0) is 6.42 Å². The predicted octanol–water partition coefficient (Wildman–Crippen LogP) is 2.19. The Morgan fingerprint density at radius 2 is 2.00 bits per heavy atom. The lowest BCUT2D eigenvalue weighted by Crippen LogP contribution is -2.13. The van der Waals surface area contributed by atoms with Crippen molar-refractivity contribution in [3.63, 3.8) is 0 Å². The second-order valence-electron chi connectivity index (χ2n) is 2.99. The van der Waals surface area contributed by atoms with Gasteiger partial charge >= 0.3 is 0 Å². The third-order valence-electron chi connectivity index (χ3n) is 1.86. The smallest absolute Gasteiger partial charge is 0.125 e. The van der Waals surface area contributed by atoms with E-state index in [9.17, 15) is 0 Å². The van der Waals surface area contributed by atoms with Crippen LogP contribution in [0.4, 0.5) is 0 Å². The van der Waals surface area contributed by atoms with E-state index in [-0.39, 0.29) is 0 Å². The van der Waals surface area contributed by atoms with Gasteiger partial charge in [-0.15, -0.1) is 0 Å². The average Bonchev–Trinajstić information content (AvgIpc) is 2.19.